The molecule has 0 saturated heterocycles. The van der Waals surface area contributed by atoms with Gasteiger partial charge in [0.05, 0.1) is 0 Å². The van der Waals surface area contributed by atoms with Gasteiger partial charge >= 0.3 is 12.4 Å². The molecular formula is C9H10F6. The largest absolute Gasteiger partial charge is 0.403 e. The third-order valence-corrected chi connectivity index (χ3v) is 2.83. The third kappa shape index (κ3) is 1.95. The first-order valence-corrected chi connectivity index (χ1v) is 4.41. The molecule has 6 heteroatoms. The fourth-order valence-electron chi connectivity index (χ4n) is 1.83. The molecule has 0 nitrogen and oxygen atoms in total. The Morgan fingerprint density at radius 2 is 1.60 bits per heavy atom. The van der Waals surface area contributed by atoms with Crippen molar-refractivity contribution in [2.45, 2.75) is 31.6 Å². The van der Waals surface area contributed by atoms with E-state index < -0.39 is 30.1 Å². The van der Waals surface area contributed by atoms with E-state index in [-0.39, 0.29) is 12.8 Å². The van der Waals surface area contributed by atoms with E-state index in [9.17, 15) is 26.3 Å². The van der Waals surface area contributed by atoms with Crippen LogP contribution < -0.4 is 0 Å². The molecule has 0 amide bonds. The van der Waals surface area contributed by atoms with Gasteiger partial charge in [0, 0.05) is 0 Å². The number of halogens is 6. The summed E-state index contributed by atoms with van der Waals surface area (Å²) in [4.78, 5) is 0. The van der Waals surface area contributed by atoms with Gasteiger partial charge in [0.2, 0.25) is 0 Å². The highest BCUT2D eigenvalue weighted by Crippen LogP contribution is 2.60. The summed E-state index contributed by atoms with van der Waals surface area (Å²) in [6.07, 6.45) is -11.2. The highest BCUT2D eigenvalue weighted by molar-refractivity contribution is 5.09. The quantitative estimate of drug-likeness (QED) is 0.601. The van der Waals surface area contributed by atoms with Crippen molar-refractivity contribution in [1.82, 2.24) is 0 Å². The summed E-state index contributed by atoms with van der Waals surface area (Å²) in [5.41, 5.74) is -3.62. The molecule has 1 rings (SSSR count). The minimum absolute atomic E-state index is 0.0877. The zero-order valence-corrected chi connectivity index (χ0v) is 7.75. The minimum atomic E-state index is -5.27. The van der Waals surface area contributed by atoms with Crippen LogP contribution in [-0.4, -0.2) is 12.4 Å². The van der Waals surface area contributed by atoms with Crippen molar-refractivity contribution in [2.75, 3.05) is 0 Å². The molecule has 1 aliphatic rings. The van der Waals surface area contributed by atoms with E-state index in [1.807, 2.05) is 0 Å². The monoisotopic (exact) mass is 232 g/mol. The maximum absolute atomic E-state index is 12.4. The summed E-state index contributed by atoms with van der Waals surface area (Å²) in [6, 6.07) is 0. The third-order valence-electron chi connectivity index (χ3n) is 2.83. The van der Waals surface area contributed by atoms with Crippen LogP contribution in [0.5, 0.6) is 0 Å². The first-order valence-electron chi connectivity index (χ1n) is 4.41. The van der Waals surface area contributed by atoms with Crippen LogP contribution >= 0.6 is 0 Å². The molecule has 2 radical (unpaired) electrons. The molecule has 0 aromatic carbocycles. The lowest BCUT2D eigenvalue weighted by atomic mass is 9.83. The van der Waals surface area contributed by atoms with Gasteiger partial charge in [0.1, 0.15) is 0 Å². The van der Waals surface area contributed by atoms with Gasteiger partial charge in [-0.05, 0) is 25.2 Å². The van der Waals surface area contributed by atoms with Crippen molar-refractivity contribution in [3.05, 3.63) is 13.3 Å². The van der Waals surface area contributed by atoms with E-state index in [0.717, 1.165) is 0 Å². The van der Waals surface area contributed by atoms with Crippen LogP contribution in [-0.2, 0) is 0 Å². The summed E-state index contributed by atoms with van der Waals surface area (Å²) in [5.74, 6) is -0.631. The fraction of sp³-hybridized carbons (Fsp3) is 0.778. The SMILES string of the molecule is [CH2]CC1C[CH]C(C(F)(F)F)(C(F)(F)F)C1. The second-order valence-corrected chi connectivity index (χ2v) is 3.77. The Labute approximate surface area is 83.6 Å². The Morgan fingerprint density at radius 3 is 1.80 bits per heavy atom. The zero-order valence-electron chi connectivity index (χ0n) is 7.75. The van der Waals surface area contributed by atoms with Crippen molar-refractivity contribution in [3.63, 3.8) is 0 Å². The lowest BCUT2D eigenvalue weighted by molar-refractivity contribution is -0.326. The summed E-state index contributed by atoms with van der Waals surface area (Å²) in [6.45, 7) is 3.34. The molecule has 0 aromatic heterocycles. The topological polar surface area (TPSA) is 0 Å². The first-order chi connectivity index (χ1) is 6.64. The Hall–Kier alpha value is -0.420. The minimum Gasteiger partial charge on any atom is -0.170 e. The lowest BCUT2D eigenvalue weighted by Crippen LogP contribution is -2.48. The highest BCUT2D eigenvalue weighted by Gasteiger charge is 2.72. The molecule has 0 aromatic rings. The van der Waals surface area contributed by atoms with E-state index in [1.165, 1.54) is 0 Å². The Morgan fingerprint density at radius 1 is 1.13 bits per heavy atom. The van der Waals surface area contributed by atoms with Crippen molar-refractivity contribution >= 4 is 0 Å². The van der Waals surface area contributed by atoms with Gasteiger partial charge in [-0.15, -0.1) is 0 Å². The van der Waals surface area contributed by atoms with Crippen LogP contribution in [0.15, 0.2) is 0 Å². The average molecular weight is 232 g/mol. The number of rotatable bonds is 1. The predicted molar refractivity (Wildman–Crippen MR) is 41.5 cm³/mol. The number of alkyl halides is 6. The molecule has 1 fully saturated rings. The van der Waals surface area contributed by atoms with Gasteiger partial charge in [-0.3, -0.25) is 0 Å². The number of hydrogen-bond acceptors (Lipinski definition) is 0. The second kappa shape index (κ2) is 3.56. The second-order valence-electron chi connectivity index (χ2n) is 3.77. The molecule has 0 spiro atoms. The lowest BCUT2D eigenvalue weighted by Gasteiger charge is -2.33. The van der Waals surface area contributed by atoms with Crippen molar-refractivity contribution in [1.29, 1.82) is 0 Å². The van der Waals surface area contributed by atoms with Crippen molar-refractivity contribution in [2.24, 2.45) is 11.3 Å². The molecule has 0 heterocycles. The van der Waals surface area contributed by atoms with Gasteiger partial charge in [0.25, 0.3) is 0 Å². The van der Waals surface area contributed by atoms with E-state index in [4.69, 9.17) is 0 Å². The molecular weight excluding hydrogens is 222 g/mol. The van der Waals surface area contributed by atoms with Crippen molar-refractivity contribution in [3.8, 4) is 0 Å². The van der Waals surface area contributed by atoms with Crippen LogP contribution in [0.3, 0.4) is 0 Å². The van der Waals surface area contributed by atoms with Crippen LogP contribution in [0.4, 0.5) is 26.3 Å². The molecule has 1 aliphatic carbocycles. The first kappa shape index (κ1) is 12.6. The highest BCUT2D eigenvalue weighted by atomic mass is 19.4. The standard InChI is InChI=1S/C9H10F6/c1-2-6-3-4-7(5-6,8(10,11)12)9(13,14)15/h4,6H,1-3,5H2. The van der Waals surface area contributed by atoms with Crippen LogP contribution in [0.1, 0.15) is 19.3 Å². The maximum Gasteiger partial charge on any atom is 0.403 e. The smallest absolute Gasteiger partial charge is 0.170 e. The molecule has 0 N–H and O–H groups in total. The summed E-state index contributed by atoms with van der Waals surface area (Å²) in [5, 5.41) is 0. The molecule has 0 aliphatic heterocycles. The average Bonchev–Trinajstić information content (AvgIpc) is 2.45. The Kier molecular flexibility index (Phi) is 3.00. The van der Waals surface area contributed by atoms with Gasteiger partial charge in [-0.1, -0.05) is 13.3 Å². The van der Waals surface area contributed by atoms with Gasteiger partial charge in [-0.25, -0.2) is 0 Å². The van der Waals surface area contributed by atoms with E-state index in [1.54, 1.807) is 0 Å². The Balaban J connectivity index is 3.01. The van der Waals surface area contributed by atoms with E-state index in [2.05, 4.69) is 6.92 Å². The predicted octanol–water partition coefficient (Wildman–Crippen LogP) is 3.94. The Bertz CT molecular complexity index is 212. The molecule has 1 saturated carbocycles. The van der Waals surface area contributed by atoms with E-state index in [0.29, 0.717) is 6.42 Å². The molecule has 15 heavy (non-hydrogen) atoms. The van der Waals surface area contributed by atoms with E-state index >= 15 is 0 Å². The fourth-order valence-corrected chi connectivity index (χ4v) is 1.83. The summed E-state index contributed by atoms with van der Waals surface area (Å²) >= 11 is 0. The normalized spacial score (nSPS) is 27.0. The maximum atomic E-state index is 12.4. The van der Waals surface area contributed by atoms with Gasteiger partial charge < -0.3 is 0 Å². The zero-order chi connectivity index (χ0) is 11.9. The summed E-state index contributed by atoms with van der Waals surface area (Å²) < 4.78 is 74.7. The van der Waals surface area contributed by atoms with Crippen molar-refractivity contribution < 1.29 is 26.3 Å². The van der Waals surface area contributed by atoms with Crippen LogP contribution in [0, 0.1) is 24.7 Å². The number of hydrogen-bond donors (Lipinski definition) is 0. The van der Waals surface area contributed by atoms with Crippen LogP contribution in [0.2, 0.25) is 0 Å². The van der Waals surface area contributed by atoms with Crippen LogP contribution in [0.25, 0.3) is 0 Å². The van der Waals surface area contributed by atoms with Gasteiger partial charge in [-0.2, -0.15) is 26.3 Å². The van der Waals surface area contributed by atoms with Gasteiger partial charge in [0.15, 0.2) is 5.41 Å². The molecule has 88 valence electrons. The molecule has 1 unspecified atom stereocenters. The molecule has 0 bridgehead atoms. The molecule has 1 atom stereocenters. The summed E-state index contributed by atoms with van der Waals surface area (Å²) in [7, 11) is 0.